The van der Waals surface area contributed by atoms with Gasteiger partial charge in [-0.15, -0.1) is 11.3 Å². The number of thiophene rings is 1. The van der Waals surface area contributed by atoms with E-state index in [9.17, 15) is 9.59 Å². The Balaban J connectivity index is 1.70. The monoisotopic (exact) mass is 486 g/mol. The number of nitrogens with one attached hydrogen (secondary N) is 1. The van der Waals surface area contributed by atoms with Gasteiger partial charge in [-0.25, -0.2) is 4.68 Å². The van der Waals surface area contributed by atoms with E-state index in [1.165, 1.54) is 11.3 Å². The zero-order valence-corrected chi connectivity index (χ0v) is 21.3. The van der Waals surface area contributed by atoms with Gasteiger partial charge in [0.15, 0.2) is 0 Å². The van der Waals surface area contributed by atoms with E-state index in [0.29, 0.717) is 17.2 Å². The molecule has 4 aromatic rings. The van der Waals surface area contributed by atoms with Crippen LogP contribution in [0.15, 0.2) is 72.1 Å². The molecule has 0 aliphatic carbocycles. The summed E-state index contributed by atoms with van der Waals surface area (Å²) in [6.45, 7) is 8.49. The van der Waals surface area contributed by atoms with E-state index in [2.05, 4.69) is 5.32 Å². The number of carbonyl (C=O) groups excluding carboxylic acids is 2. The molecule has 2 aromatic heterocycles. The second kappa shape index (κ2) is 10.7. The Kier molecular flexibility index (Phi) is 7.46. The van der Waals surface area contributed by atoms with E-state index < -0.39 is 0 Å². The summed E-state index contributed by atoms with van der Waals surface area (Å²) in [7, 11) is 0. The smallest absolute Gasteiger partial charge is 0.264 e. The van der Waals surface area contributed by atoms with Gasteiger partial charge in [0, 0.05) is 12.1 Å². The molecule has 0 aliphatic heterocycles. The van der Waals surface area contributed by atoms with Crippen molar-refractivity contribution in [3.05, 3.63) is 88.2 Å². The molecule has 180 valence electrons. The topological polar surface area (TPSA) is 67.2 Å². The fraction of sp³-hybridized carbons (Fsp3) is 0.250. The molecular formula is C28H30N4O2S. The van der Waals surface area contributed by atoms with Crippen molar-refractivity contribution in [3.8, 4) is 16.8 Å². The molecule has 0 spiro atoms. The lowest BCUT2D eigenvalue weighted by Crippen LogP contribution is -2.40. The van der Waals surface area contributed by atoms with Gasteiger partial charge in [-0.3, -0.25) is 9.59 Å². The molecule has 0 radical (unpaired) electrons. The molecule has 0 aliphatic rings. The average Bonchev–Trinajstić information content (AvgIpc) is 3.47. The fourth-order valence-corrected chi connectivity index (χ4v) is 4.82. The van der Waals surface area contributed by atoms with Gasteiger partial charge in [0.1, 0.15) is 12.4 Å². The second-order valence-electron chi connectivity index (χ2n) is 8.98. The number of benzene rings is 2. The minimum atomic E-state index is -0.262. The Morgan fingerprint density at radius 1 is 1.00 bits per heavy atom. The minimum Gasteiger partial charge on any atom is -0.328 e. The van der Waals surface area contributed by atoms with Crippen LogP contribution in [0.25, 0.3) is 16.8 Å². The average molecular weight is 487 g/mol. The SMILES string of the molecule is Cc1ccccc1-n1nc(C)c(-c2ccccc2)c1NC(=O)CN(CC(C)C)C(=O)c1cccs1. The van der Waals surface area contributed by atoms with Gasteiger partial charge in [0.2, 0.25) is 5.91 Å². The second-order valence-corrected chi connectivity index (χ2v) is 9.93. The van der Waals surface area contributed by atoms with Crippen LogP contribution in [-0.4, -0.2) is 39.6 Å². The summed E-state index contributed by atoms with van der Waals surface area (Å²) in [6, 6.07) is 21.5. The van der Waals surface area contributed by atoms with Crippen molar-refractivity contribution in [3.63, 3.8) is 0 Å². The Morgan fingerprint density at radius 3 is 2.37 bits per heavy atom. The van der Waals surface area contributed by atoms with E-state index in [4.69, 9.17) is 5.10 Å². The predicted molar refractivity (Wildman–Crippen MR) is 142 cm³/mol. The molecular weight excluding hydrogens is 456 g/mol. The third kappa shape index (κ3) is 5.52. The van der Waals surface area contributed by atoms with Gasteiger partial charge in [-0.05, 0) is 48.4 Å². The maximum Gasteiger partial charge on any atom is 0.264 e. The summed E-state index contributed by atoms with van der Waals surface area (Å²) < 4.78 is 1.79. The maximum absolute atomic E-state index is 13.4. The van der Waals surface area contributed by atoms with Crippen LogP contribution in [-0.2, 0) is 4.79 Å². The van der Waals surface area contributed by atoms with Crippen molar-refractivity contribution in [2.45, 2.75) is 27.7 Å². The number of para-hydroxylation sites is 1. The predicted octanol–water partition coefficient (Wildman–Crippen LogP) is 5.95. The number of anilines is 1. The van der Waals surface area contributed by atoms with E-state index in [1.54, 1.807) is 15.6 Å². The molecule has 0 saturated heterocycles. The van der Waals surface area contributed by atoms with Crippen molar-refractivity contribution in [2.75, 3.05) is 18.4 Å². The molecule has 6 nitrogen and oxygen atoms in total. The minimum absolute atomic E-state index is 0.0405. The van der Waals surface area contributed by atoms with Crippen molar-refractivity contribution < 1.29 is 9.59 Å². The third-order valence-corrected chi connectivity index (χ3v) is 6.52. The van der Waals surface area contributed by atoms with Crippen LogP contribution in [0.5, 0.6) is 0 Å². The first kappa shape index (κ1) is 24.4. The number of nitrogens with zero attached hydrogens (tertiary/aromatic N) is 3. The fourth-order valence-electron chi connectivity index (χ4n) is 4.13. The molecule has 2 heterocycles. The number of carbonyl (C=O) groups is 2. The third-order valence-electron chi connectivity index (χ3n) is 5.66. The van der Waals surface area contributed by atoms with Gasteiger partial charge < -0.3 is 10.2 Å². The first-order valence-electron chi connectivity index (χ1n) is 11.7. The standard InChI is InChI=1S/C28H30N4O2S/c1-19(2)17-31(28(34)24-15-10-16-35-24)18-25(33)29-27-26(22-12-6-5-7-13-22)21(4)30-32(27)23-14-9-8-11-20(23)3/h5-16,19H,17-18H2,1-4H3,(H,29,33). The van der Waals surface area contributed by atoms with Crippen molar-refractivity contribution in [2.24, 2.45) is 5.92 Å². The van der Waals surface area contributed by atoms with E-state index in [1.807, 2.05) is 93.7 Å². The summed E-state index contributed by atoms with van der Waals surface area (Å²) in [5, 5.41) is 9.77. The highest BCUT2D eigenvalue weighted by atomic mass is 32.1. The van der Waals surface area contributed by atoms with Crippen molar-refractivity contribution >= 4 is 29.0 Å². The number of rotatable bonds is 8. The van der Waals surface area contributed by atoms with E-state index in [-0.39, 0.29) is 24.3 Å². The lowest BCUT2D eigenvalue weighted by atomic mass is 10.1. The summed E-state index contributed by atoms with van der Waals surface area (Å²) in [5.74, 6) is 0.436. The molecule has 4 rings (SSSR count). The van der Waals surface area contributed by atoms with Crippen LogP contribution >= 0.6 is 11.3 Å². The first-order valence-corrected chi connectivity index (χ1v) is 12.6. The van der Waals surface area contributed by atoms with Gasteiger partial charge in [0.25, 0.3) is 5.91 Å². The number of aryl methyl sites for hydroxylation is 2. The van der Waals surface area contributed by atoms with Crippen LogP contribution < -0.4 is 5.32 Å². The normalized spacial score (nSPS) is 11.0. The number of hydrogen-bond donors (Lipinski definition) is 1. The molecule has 1 N–H and O–H groups in total. The van der Waals surface area contributed by atoms with Gasteiger partial charge in [-0.2, -0.15) is 5.10 Å². The van der Waals surface area contributed by atoms with Crippen LogP contribution in [0, 0.1) is 19.8 Å². The van der Waals surface area contributed by atoms with Crippen LogP contribution in [0.1, 0.15) is 34.8 Å². The molecule has 0 atom stereocenters. The lowest BCUT2D eigenvalue weighted by molar-refractivity contribution is -0.117. The highest BCUT2D eigenvalue weighted by Crippen LogP contribution is 2.34. The van der Waals surface area contributed by atoms with Gasteiger partial charge >= 0.3 is 0 Å². The van der Waals surface area contributed by atoms with E-state index >= 15 is 0 Å². The Morgan fingerprint density at radius 2 is 1.71 bits per heavy atom. The molecule has 0 bridgehead atoms. The lowest BCUT2D eigenvalue weighted by Gasteiger charge is -2.24. The highest BCUT2D eigenvalue weighted by Gasteiger charge is 2.24. The molecule has 0 saturated carbocycles. The largest absolute Gasteiger partial charge is 0.328 e. The molecule has 35 heavy (non-hydrogen) atoms. The van der Waals surface area contributed by atoms with Crippen LogP contribution in [0.4, 0.5) is 5.82 Å². The Labute approximate surface area is 210 Å². The quantitative estimate of drug-likeness (QED) is 0.334. The van der Waals surface area contributed by atoms with E-state index in [0.717, 1.165) is 28.1 Å². The first-order chi connectivity index (χ1) is 16.8. The molecule has 2 amide bonds. The molecule has 0 unspecified atom stereocenters. The number of amides is 2. The summed E-state index contributed by atoms with van der Waals surface area (Å²) >= 11 is 1.38. The molecule has 2 aromatic carbocycles. The van der Waals surface area contributed by atoms with Gasteiger partial charge in [-0.1, -0.05) is 68.4 Å². The maximum atomic E-state index is 13.4. The Hall–Kier alpha value is -3.71. The zero-order valence-electron chi connectivity index (χ0n) is 20.5. The van der Waals surface area contributed by atoms with Crippen LogP contribution in [0.2, 0.25) is 0 Å². The summed E-state index contributed by atoms with van der Waals surface area (Å²) in [4.78, 5) is 28.7. The zero-order chi connectivity index (χ0) is 24.9. The summed E-state index contributed by atoms with van der Waals surface area (Å²) in [5.41, 5.74) is 4.57. The molecule has 0 fully saturated rings. The van der Waals surface area contributed by atoms with Crippen molar-refractivity contribution in [1.82, 2.24) is 14.7 Å². The number of hydrogen-bond acceptors (Lipinski definition) is 4. The summed E-state index contributed by atoms with van der Waals surface area (Å²) in [6.07, 6.45) is 0. The van der Waals surface area contributed by atoms with Crippen LogP contribution in [0.3, 0.4) is 0 Å². The Bertz CT molecular complexity index is 1310. The number of aromatic nitrogens is 2. The van der Waals surface area contributed by atoms with Gasteiger partial charge in [0.05, 0.1) is 16.3 Å². The highest BCUT2D eigenvalue weighted by molar-refractivity contribution is 7.12. The van der Waals surface area contributed by atoms with Crippen molar-refractivity contribution in [1.29, 1.82) is 0 Å². The molecule has 7 heteroatoms.